The number of carboxylic acid groups (broad SMARTS) is 1. The fraction of sp³-hybridized carbons (Fsp3) is 0.286. The van der Waals surface area contributed by atoms with Gasteiger partial charge in [0.25, 0.3) is 0 Å². The van der Waals surface area contributed by atoms with Gasteiger partial charge in [0.15, 0.2) is 0 Å². The fourth-order valence-corrected chi connectivity index (χ4v) is 1.53. The lowest BCUT2D eigenvalue weighted by atomic mass is 10.1. The highest BCUT2D eigenvalue weighted by Gasteiger charge is 2.24. The number of terminal acetylenes is 1. The van der Waals surface area contributed by atoms with E-state index in [0.717, 1.165) is 4.90 Å². The third kappa shape index (κ3) is 4.48. The average Bonchev–Trinajstić information content (AvgIpc) is 2.36. The maximum absolute atomic E-state index is 12.2. The molecule has 0 unspecified atom stereocenters. The van der Waals surface area contributed by atoms with Crippen LogP contribution in [0, 0.1) is 12.3 Å². The second kappa shape index (κ2) is 6.31. The molecule has 0 atom stereocenters. The van der Waals surface area contributed by atoms with Gasteiger partial charge in [-0.05, 0) is 38.1 Å². The Kier molecular flexibility index (Phi) is 5.00. The molecule has 0 aliphatic rings. The van der Waals surface area contributed by atoms with E-state index in [1.165, 1.54) is 0 Å². The maximum Gasteiger partial charge on any atom is 0.323 e. The number of aliphatic carboxylic acids is 1. The molecule has 20 heavy (non-hydrogen) atoms. The van der Waals surface area contributed by atoms with Crippen LogP contribution in [-0.4, -0.2) is 29.2 Å². The lowest BCUT2D eigenvalue weighted by molar-refractivity contribution is -0.135. The number of halogens is 1. The minimum absolute atomic E-state index is 0.419. The van der Waals surface area contributed by atoms with Gasteiger partial charge in [-0.25, -0.2) is 4.79 Å². The Morgan fingerprint density at radius 3 is 2.40 bits per heavy atom. The van der Waals surface area contributed by atoms with E-state index < -0.39 is 24.1 Å². The van der Waals surface area contributed by atoms with Crippen molar-refractivity contribution in [1.82, 2.24) is 5.32 Å². The summed E-state index contributed by atoms with van der Waals surface area (Å²) in [4.78, 5) is 24.1. The van der Waals surface area contributed by atoms with Crippen molar-refractivity contribution in [2.75, 3.05) is 11.4 Å². The zero-order chi connectivity index (χ0) is 15.3. The monoisotopic (exact) mass is 294 g/mol. The summed E-state index contributed by atoms with van der Waals surface area (Å²) in [6.07, 6.45) is 5.30. The SMILES string of the molecule is C#CC(C)(C)NC(=O)N(CC(=O)O)c1ccc(Cl)cc1. The second-order valence-electron chi connectivity index (χ2n) is 4.66. The van der Waals surface area contributed by atoms with Gasteiger partial charge in [0.05, 0.1) is 5.54 Å². The number of carbonyl (C=O) groups excluding carboxylic acids is 1. The highest BCUT2D eigenvalue weighted by Crippen LogP contribution is 2.18. The number of amides is 2. The first-order chi connectivity index (χ1) is 9.25. The zero-order valence-electron chi connectivity index (χ0n) is 11.2. The van der Waals surface area contributed by atoms with Crippen LogP contribution in [-0.2, 0) is 4.79 Å². The molecule has 0 aliphatic carbocycles. The van der Waals surface area contributed by atoms with Gasteiger partial charge in [-0.1, -0.05) is 17.5 Å². The molecule has 106 valence electrons. The highest BCUT2D eigenvalue weighted by molar-refractivity contribution is 6.30. The van der Waals surface area contributed by atoms with Crippen molar-refractivity contribution in [3.8, 4) is 12.3 Å². The summed E-state index contributed by atoms with van der Waals surface area (Å²) in [6.45, 7) is 2.81. The van der Waals surface area contributed by atoms with Crippen LogP contribution in [0.3, 0.4) is 0 Å². The number of nitrogens with zero attached hydrogens (tertiary/aromatic N) is 1. The van der Waals surface area contributed by atoms with Crippen molar-refractivity contribution in [3.63, 3.8) is 0 Å². The Bertz CT molecular complexity index is 547. The first-order valence-corrected chi connectivity index (χ1v) is 6.18. The van der Waals surface area contributed by atoms with Gasteiger partial charge in [-0.15, -0.1) is 6.42 Å². The molecule has 0 aliphatic heterocycles. The Hall–Kier alpha value is -2.19. The number of carboxylic acids is 1. The Labute approximate surface area is 122 Å². The molecule has 2 amide bonds. The van der Waals surface area contributed by atoms with Gasteiger partial charge in [0.2, 0.25) is 0 Å². The van der Waals surface area contributed by atoms with Crippen LogP contribution in [0.1, 0.15) is 13.8 Å². The number of rotatable bonds is 4. The molecule has 0 spiro atoms. The van der Waals surface area contributed by atoms with Gasteiger partial charge in [0, 0.05) is 10.7 Å². The molecule has 0 fully saturated rings. The average molecular weight is 295 g/mol. The van der Waals surface area contributed by atoms with Crippen LogP contribution in [0.2, 0.25) is 5.02 Å². The molecule has 1 rings (SSSR count). The number of hydrogen-bond acceptors (Lipinski definition) is 2. The third-order valence-electron chi connectivity index (χ3n) is 2.46. The molecule has 1 aromatic rings. The summed E-state index contributed by atoms with van der Waals surface area (Å²) in [7, 11) is 0. The summed E-state index contributed by atoms with van der Waals surface area (Å²) >= 11 is 5.77. The van der Waals surface area contributed by atoms with Crippen LogP contribution in [0.5, 0.6) is 0 Å². The molecule has 0 radical (unpaired) electrons. The van der Waals surface area contributed by atoms with Crippen molar-refractivity contribution in [1.29, 1.82) is 0 Å². The Morgan fingerprint density at radius 1 is 1.40 bits per heavy atom. The highest BCUT2D eigenvalue weighted by atomic mass is 35.5. The Morgan fingerprint density at radius 2 is 1.95 bits per heavy atom. The summed E-state index contributed by atoms with van der Waals surface area (Å²) in [5.41, 5.74) is -0.456. The number of hydrogen-bond donors (Lipinski definition) is 2. The third-order valence-corrected chi connectivity index (χ3v) is 2.71. The molecule has 0 aromatic heterocycles. The van der Waals surface area contributed by atoms with Gasteiger partial charge < -0.3 is 10.4 Å². The summed E-state index contributed by atoms with van der Waals surface area (Å²) in [6, 6.07) is 5.69. The van der Waals surface area contributed by atoms with E-state index in [4.69, 9.17) is 23.1 Å². The molecular formula is C14H15ClN2O3. The number of nitrogens with one attached hydrogen (secondary N) is 1. The van der Waals surface area contributed by atoms with E-state index in [1.54, 1.807) is 38.1 Å². The molecule has 1 aromatic carbocycles. The molecule has 2 N–H and O–H groups in total. The van der Waals surface area contributed by atoms with E-state index in [1.807, 2.05) is 0 Å². The molecule has 0 saturated heterocycles. The number of anilines is 1. The predicted octanol–water partition coefficient (Wildman–Crippen LogP) is 2.35. The normalized spacial score (nSPS) is 10.5. The van der Waals surface area contributed by atoms with Crippen LogP contribution in [0.15, 0.2) is 24.3 Å². The van der Waals surface area contributed by atoms with E-state index in [9.17, 15) is 9.59 Å². The van der Waals surface area contributed by atoms with Crippen LogP contribution < -0.4 is 10.2 Å². The molecule has 0 heterocycles. The fourth-order valence-electron chi connectivity index (χ4n) is 1.41. The molecule has 0 bridgehead atoms. The van der Waals surface area contributed by atoms with Gasteiger partial charge in [0.1, 0.15) is 6.54 Å². The lowest BCUT2D eigenvalue weighted by Gasteiger charge is -2.26. The molecule has 6 heteroatoms. The van der Waals surface area contributed by atoms with Crippen LogP contribution in [0.4, 0.5) is 10.5 Å². The first kappa shape index (κ1) is 15.9. The minimum atomic E-state index is -1.13. The van der Waals surface area contributed by atoms with Crippen molar-refractivity contribution >= 4 is 29.3 Å². The molecule has 5 nitrogen and oxygen atoms in total. The van der Waals surface area contributed by atoms with Gasteiger partial charge >= 0.3 is 12.0 Å². The number of benzene rings is 1. The van der Waals surface area contributed by atoms with Gasteiger partial charge in [-0.3, -0.25) is 9.69 Å². The van der Waals surface area contributed by atoms with Crippen LogP contribution >= 0.6 is 11.6 Å². The van der Waals surface area contributed by atoms with E-state index in [-0.39, 0.29) is 0 Å². The van der Waals surface area contributed by atoms with Gasteiger partial charge in [-0.2, -0.15) is 0 Å². The standard InChI is InChI=1S/C14H15ClN2O3/c1-4-14(2,3)16-13(20)17(9-12(18)19)11-7-5-10(15)6-8-11/h1,5-8H,9H2,2-3H3,(H,16,20)(H,18,19). The van der Waals surface area contributed by atoms with E-state index in [2.05, 4.69) is 11.2 Å². The Balaban J connectivity index is 3.01. The molecular weight excluding hydrogens is 280 g/mol. The lowest BCUT2D eigenvalue weighted by Crippen LogP contribution is -2.50. The topological polar surface area (TPSA) is 69.6 Å². The van der Waals surface area contributed by atoms with Crippen molar-refractivity contribution in [2.24, 2.45) is 0 Å². The summed E-state index contributed by atoms with van der Waals surface area (Å²) in [5, 5.41) is 12.0. The van der Waals surface area contributed by atoms with Crippen molar-refractivity contribution in [2.45, 2.75) is 19.4 Å². The van der Waals surface area contributed by atoms with Crippen molar-refractivity contribution in [3.05, 3.63) is 29.3 Å². The largest absolute Gasteiger partial charge is 0.480 e. The molecule has 0 saturated carbocycles. The first-order valence-electron chi connectivity index (χ1n) is 5.80. The summed E-state index contributed by atoms with van der Waals surface area (Å²) in [5.74, 6) is 1.28. The van der Waals surface area contributed by atoms with E-state index in [0.29, 0.717) is 10.7 Å². The summed E-state index contributed by atoms with van der Waals surface area (Å²) < 4.78 is 0. The predicted molar refractivity (Wildman–Crippen MR) is 77.9 cm³/mol. The minimum Gasteiger partial charge on any atom is -0.480 e. The zero-order valence-corrected chi connectivity index (χ0v) is 11.9. The smallest absolute Gasteiger partial charge is 0.323 e. The number of carbonyl (C=O) groups is 2. The maximum atomic E-state index is 12.2. The van der Waals surface area contributed by atoms with E-state index >= 15 is 0 Å². The second-order valence-corrected chi connectivity index (χ2v) is 5.09. The number of urea groups is 1. The quantitative estimate of drug-likeness (QED) is 0.838. The van der Waals surface area contributed by atoms with Crippen molar-refractivity contribution < 1.29 is 14.7 Å². The van der Waals surface area contributed by atoms with Crippen LogP contribution in [0.25, 0.3) is 0 Å².